The zero-order valence-electron chi connectivity index (χ0n) is 30.0. The van der Waals surface area contributed by atoms with Crippen LogP contribution >= 0.6 is 0 Å². The van der Waals surface area contributed by atoms with E-state index in [4.69, 9.17) is 18.9 Å². The highest BCUT2D eigenvalue weighted by Gasteiger charge is 2.28. The van der Waals surface area contributed by atoms with Crippen LogP contribution in [0, 0.1) is 17.8 Å². The molecule has 0 aromatic carbocycles. The van der Waals surface area contributed by atoms with Crippen molar-refractivity contribution in [1.82, 2.24) is 5.32 Å². The third kappa shape index (κ3) is 19.5. The molecule has 0 unspecified atom stereocenters. The first kappa shape index (κ1) is 42.9. The highest BCUT2D eigenvalue weighted by molar-refractivity contribution is 5.84. The Morgan fingerprint density at radius 2 is 1.66 bits per heavy atom. The van der Waals surface area contributed by atoms with Crippen molar-refractivity contribution < 1.29 is 43.5 Å². The van der Waals surface area contributed by atoms with Gasteiger partial charge in [-0.25, -0.2) is 0 Å². The van der Waals surface area contributed by atoms with E-state index in [2.05, 4.69) is 25.2 Å². The number of hydrogen-bond acceptors (Lipinski definition) is 9. The normalized spacial score (nSPS) is 31.4. The maximum Gasteiger partial charge on any atom is 0.309 e. The van der Waals surface area contributed by atoms with E-state index in [1.54, 1.807) is 7.11 Å². The molecule has 0 aliphatic carbocycles. The number of aliphatic hydroxyl groups is 2. The number of nitrogens with one attached hydrogen (secondary N) is 1. The largest absolute Gasteiger partial charge is 0.452 e. The molecule has 10 nitrogen and oxygen atoms in total. The third-order valence-corrected chi connectivity index (χ3v) is 8.90. The molecule has 0 aromatic rings. The lowest BCUT2D eigenvalue weighted by Crippen LogP contribution is -2.44. The number of carbonyl (C=O) groups is 3. The summed E-state index contributed by atoms with van der Waals surface area (Å²) in [7, 11) is 3.11. The van der Waals surface area contributed by atoms with Crippen LogP contribution in [0.2, 0.25) is 0 Å². The van der Waals surface area contributed by atoms with Crippen LogP contribution in [0.25, 0.3) is 0 Å². The van der Waals surface area contributed by atoms with Crippen LogP contribution in [0.4, 0.5) is 0 Å². The summed E-state index contributed by atoms with van der Waals surface area (Å²) in [6.45, 7) is 8.42. The van der Waals surface area contributed by atoms with Gasteiger partial charge in [-0.3, -0.25) is 14.4 Å². The summed E-state index contributed by atoms with van der Waals surface area (Å²) in [5.74, 6) is -0.220. The molecule has 1 amide bonds. The van der Waals surface area contributed by atoms with E-state index in [0.717, 1.165) is 44.1 Å². The number of allylic oxidation sites excluding steroid dienone is 3. The van der Waals surface area contributed by atoms with Crippen molar-refractivity contribution in [3.8, 4) is 0 Å². The molecular formula is C37H65NO9. The van der Waals surface area contributed by atoms with E-state index < -0.39 is 36.3 Å². The Bertz CT molecular complexity index is 937. The molecule has 0 spiro atoms. The maximum atomic E-state index is 13.1. The van der Waals surface area contributed by atoms with Crippen molar-refractivity contribution in [1.29, 1.82) is 0 Å². The fourth-order valence-electron chi connectivity index (χ4n) is 5.91. The molecule has 1 aliphatic rings. The molecule has 0 aromatic heterocycles. The fraction of sp³-hybridized carbons (Fsp3) is 0.811. The zero-order valence-corrected chi connectivity index (χ0v) is 30.0. The van der Waals surface area contributed by atoms with Crippen LogP contribution in [0.1, 0.15) is 118 Å². The topological polar surface area (TPSA) is 141 Å². The summed E-state index contributed by atoms with van der Waals surface area (Å²) in [6, 6.07) is 0. The average Bonchev–Trinajstić information content (AvgIpc) is 3.04. The second-order valence-electron chi connectivity index (χ2n) is 13.3. The number of amides is 1. The van der Waals surface area contributed by atoms with E-state index in [9.17, 15) is 24.6 Å². The van der Waals surface area contributed by atoms with Crippen molar-refractivity contribution in [2.75, 3.05) is 34.2 Å². The van der Waals surface area contributed by atoms with E-state index in [-0.39, 0.29) is 31.6 Å². The Morgan fingerprint density at radius 3 is 2.34 bits per heavy atom. The molecule has 0 bridgehead atoms. The minimum absolute atomic E-state index is 0.0471. The number of ether oxygens (including phenoxy) is 4. The average molecular weight is 668 g/mol. The van der Waals surface area contributed by atoms with Crippen molar-refractivity contribution in [3.63, 3.8) is 0 Å². The number of hydrogen-bond donors (Lipinski definition) is 3. The Morgan fingerprint density at radius 1 is 0.915 bits per heavy atom. The molecule has 272 valence electrons. The molecule has 3 N–H and O–H groups in total. The van der Waals surface area contributed by atoms with E-state index >= 15 is 0 Å². The van der Waals surface area contributed by atoms with Crippen LogP contribution in [-0.2, 0) is 33.3 Å². The minimum Gasteiger partial charge on any atom is -0.452 e. The Labute approximate surface area is 284 Å². The molecule has 10 heteroatoms. The van der Waals surface area contributed by atoms with E-state index in [0.29, 0.717) is 63.3 Å². The maximum absolute atomic E-state index is 13.1. The lowest BCUT2D eigenvalue weighted by molar-refractivity contribution is -0.160. The number of cyclic esters (lactones) is 1. The van der Waals surface area contributed by atoms with Crippen LogP contribution < -0.4 is 5.32 Å². The van der Waals surface area contributed by atoms with Gasteiger partial charge in [0.2, 0.25) is 0 Å². The van der Waals surface area contributed by atoms with Gasteiger partial charge in [0.05, 0.1) is 30.8 Å². The summed E-state index contributed by atoms with van der Waals surface area (Å²) in [5.41, 5.74) is 0.993. The number of esters is 1. The van der Waals surface area contributed by atoms with Crippen LogP contribution in [0.15, 0.2) is 23.8 Å². The second kappa shape index (κ2) is 25.8. The molecule has 0 fully saturated rings. The number of Topliss-reactive ketones (excluding diaryl/α,β-unsaturated/α-hetero) is 1. The van der Waals surface area contributed by atoms with Crippen LogP contribution in [-0.4, -0.2) is 86.5 Å². The Hall–Kier alpha value is -2.11. The molecule has 1 aliphatic heterocycles. The van der Waals surface area contributed by atoms with Gasteiger partial charge >= 0.3 is 5.97 Å². The van der Waals surface area contributed by atoms with Gasteiger partial charge in [-0.1, -0.05) is 65.2 Å². The molecule has 0 saturated heterocycles. The van der Waals surface area contributed by atoms with Gasteiger partial charge in [0.1, 0.15) is 12.6 Å². The fourth-order valence-corrected chi connectivity index (χ4v) is 5.91. The molecule has 0 saturated carbocycles. The van der Waals surface area contributed by atoms with Gasteiger partial charge in [-0.05, 0) is 68.8 Å². The van der Waals surface area contributed by atoms with Gasteiger partial charge in [0.25, 0.3) is 5.91 Å². The van der Waals surface area contributed by atoms with Crippen molar-refractivity contribution in [2.24, 2.45) is 17.8 Å². The first-order valence-electron chi connectivity index (χ1n) is 17.9. The first-order valence-corrected chi connectivity index (χ1v) is 17.9. The lowest BCUT2D eigenvalue weighted by atomic mass is 9.92. The number of carbonyl (C=O) groups excluding carboxylic acids is 3. The van der Waals surface area contributed by atoms with Gasteiger partial charge in [-0.15, -0.1) is 0 Å². The standard InChI is InChI=1S/C37H65NO9/c1-7-13-35-36(42)38-24-32(46-26-45-6)23-34(41)33(40)21-20-30(25-44-5)17-11-15-29(8-2)16-12-19-31(39)18-10-9-14-27(3)22-28(4)37(43)47-35/h11,15,17,27-29,32-35,40-41H,7-10,12-14,16,18-26H2,1-6H3,(H,38,42)/b15-11+,30-17-/t27-,28+,29+,32+,33-,34+,35+/m1/s1. The summed E-state index contributed by atoms with van der Waals surface area (Å²) < 4.78 is 21.8. The Balaban J connectivity index is 3.08. The number of rotatable bonds is 8. The lowest BCUT2D eigenvalue weighted by Gasteiger charge is -2.25. The third-order valence-electron chi connectivity index (χ3n) is 8.90. The smallest absolute Gasteiger partial charge is 0.309 e. The molecule has 0 radical (unpaired) electrons. The van der Waals surface area contributed by atoms with Crippen molar-refractivity contribution in [2.45, 2.75) is 142 Å². The molecule has 47 heavy (non-hydrogen) atoms. The highest BCUT2D eigenvalue weighted by atomic mass is 16.7. The molecule has 7 atom stereocenters. The van der Waals surface area contributed by atoms with E-state index in [1.807, 2.05) is 26.0 Å². The van der Waals surface area contributed by atoms with Crippen LogP contribution in [0.5, 0.6) is 0 Å². The van der Waals surface area contributed by atoms with Gasteiger partial charge < -0.3 is 34.5 Å². The molecular weight excluding hydrogens is 602 g/mol. The monoisotopic (exact) mass is 667 g/mol. The summed E-state index contributed by atoms with van der Waals surface area (Å²) in [4.78, 5) is 38.6. The molecule has 1 heterocycles. The predicted octanol–water partition coefficient (Wildman–Crippen LogP) is 5.83. The number of methoxy groups -OCH3 is 2. The summed E-state index contributed by atoms with van der Waals surface area (Å²) in [5, 5.41) is 24.5. The Kier molecular flexibility index (Phi) is 23.6. The van der Waals surface area contributed by atoms with Gasteiger partial charge in [-0.2, -0.15) is 0 Å². The minimum atomic E-state index is -1.10. The zero-order chi connectivity index (χ0) is 35.0. The summed E-state index contributed by atoms with van der Waals surface area (Å²) in [6.07, 6.45) is 11.8. The second-order valence-corrected chi connectivity index (χ2v) is 13.3. The van der Waals surface area contributed by atoms with Crippen LogP contribution in [0.3, 0.4) is 0 Å². The molecule has 1 rings (SSSR count). The van der Waals surface area contributed by atoms with Gasteiger partial charge in [0.15, 0.2) is 6.10 Å². The highest BCUT2D eigenvalue weighted by Crippen LogP contribution is 2.22. The van der Waals surface area contributed by atoms with E-state index in [1.165, 1.54) is 7.11 Å². The first-order chi connectivity index (χ1) is 22.5. The van der Waals surface area contributed by atoms with Gasteiger partial charge in [0, 0.05) is 40.0 Å². The quantitative estimate of drug-likeness (QED) is 0.216. The van der Waals surface area contributed by atoms with Crippen molar-refractivity contribution in [3.05, 3.63) is 23.8 Å². The predicted molar refractivity (Wildman–Crippen MR) is 184 cm³/mol. The number of aliphatic hydroxyl groups excluding tert-OH is 2. The van der Waals surface area contributed by atoms with Crippen molar-refractivity contribution >= 4 is 17.7 Å². The summed E-state index contributed by atoms with van der Waals surface area (Å²) >= 11 is 0. The number of ketones is 1. The SMILES string of the molecule is CCC[C@@H]1OC(=O)[C@@H](C)C[C@H](C)CCCCC(=O)CCC[C@@H](CC)/C=C/C=C(\COC)CC[C@@H](O)[C@@H](O)C[C@H](OCOC)CNC1=O.